The van der Waals surface area contributed by atoms with Crippen LogP contribution in [0.3, 0.4) is 0 Å². The van der Waals surface area contributed by atoms with Crippen molar-refractivity contribution in [3.05, 3.63) is 0 Å². The lowest BCUT2D eigenvalue weighted by molar-refractivity contribution is -0.124. The molecule has 0 saturated heterocycles. The number of carbonyl (C=O) groups excluding carboxylic acids is 2. The normalized spacial score (nSPS) is 10.3. The zero-order chi connectivity index (χ0) is 11.0. The Morgan fingerprint density at radius 2 is 1.79 bits per heavy atom. The summed E-state index contributed by atoms with van der Waals surface area (Å²) in [5.41, 5.74) is 0. The average molecular weight is 199 g/mol. The smallest absolute Gasteiger partial charge is 0.222 e. The van der Waals surface area contributed by atoms with Gasteiger partial charge in [-0.05, 0) is 19.8 Å². The summed E-state index contributed by atoms with van der Waals surface area (Å²) < 4.78 is 0. The van der Waals surface area contributed by atoms with Gasteiger partial charge in [-0.3, -0.25) is 4.79 Å². The summed E-state index contributed by atoms with van der Waals surface area (Å²) in [6.07, 6.45) is 3.58. The number of amides is 1. The third-order valence-electron chi connectivity index (χ3n) is 2.03. The summed E-state index contributed by atoms with van der Waals surface area (Å²) in [6.45, 7) is 6.10. The van der Waals surface area contributed by atoms with E-state index in [0.29, 0.717) is 6.42 Å². The number of hydrogen-bond donors (Lipinski definition) is 1. The molecule has 0 rings (SSSR count). The molecule has 82 valence electrons. The van der Waals surface area contributed by atoms with Crippen LogP contribution in [0.2, 0.25) is 0 Å². The molecule has 0 atom stereocenters. The number of carbonyl (C=O) groups is 2. The summed E-state index contributed by atoms with van der Waals surface area (Å²) in [4.78, 5) is 21.7. The Labute approximate surface area is 86.3 Å². The number of nitrogens with one attached hydrogen (secondary N) is 1. The van der Waals surface area contributed by atoms with Gasteiger partial charge in [-0.1, -0.05) is 20.3 Å². The SMILES string of the molecule is CC(=O)CCCCCNC(=O)C(C)C. The highest BCUT2D eigenvalue weighted by atomic mass is 16.1. The van der Waals surface area contributed by atoms with Gasteiger partial charge in [0, 0.05) is 18.9 Å². The molecule has 0 unspecified atom stereocenters. The van der Waals surface area contributed by atoms with Gasteiger partial charge in [0.15, 0.2) is 0 Å². The lowest BCUT2D eigenvalue weighted by Crippen LogP contribution is -2.28. The van der Waals surface area contributed by atoms with Crippen molar-refractivity contribution in [3.63, 3.8) is 0 Å². The maximum atomic E-state index is 11.1. The van der Waals surface area contributed by atoms with E-state index in [0.717, 1.165) is 25.8 Å². The highest BCUT2D eigenvalue weighted by Gasteiger charge is 2.04. The third kappa shape index (κ3) is 7.77. The minimum Gasteiger partial charge on any atom is -0.356 e. The molecule has 0 aliphatic heterocycles. The van der Waals surface area contributed by atoms with Crippen molar-refractivity contribution in [3.8, 4) is 0 Å². The van der Waals surface area contributed by atoms with Gasteiger partial charge in [0.05, 0.1) is 0 Å². The van der Waals surface area contributed by atoms with Gasteiger partial charge >= 0.3 is 0 Å². The Morgan fingerprint density at radius 3 is 2.29 bits per heavy atom. The molecule has 0 aromatic heterocycles. The molecule has 0 heterocycles. The highest BCUT2D eigenvalue weighted by Crippen LogP contribution is 1.99. The number of ketones is 1. The summed E-state index contributed by atoms with van der Waals surface area (Å²) in [7, 11) is 0. The lowest BCUT2D eigenvalue weighted by atomic mass is 10.1. The van der Waals surface area contributed by atoms with E-state index in [2.05, 4.69) is 5.32 Å². The molecular formula is C11H21NO2. The first kappa shape index (κ1) is 13.1. The lowest BCUT2D eigenvalue weighted by Gasteiger charge is -2.06. The molecule has 14 heavy (non-hydrogen) atoms. The molecule has 0 aliphatic rings. The molecule has 0 aromatic rings. The zero-order valence-electron chi connectivity index (χ0n) is 9.43. The van der Waals surface area contributed by atoms with Crippen molar-refractivity contribution in [2.24, 2.45) is 5.92 Å². The molecule has 1 amide bonds. The summed E-state index contributed by atoms with van der Waals surface area (Å²) >= 11 is 0. The van der Waals surface area contributed by atoms with Crippen LogP contribution < -0.4 is 5.32 Å². The average Bonchev–Trinajstić information content (AvgIpc) is 2.09. The zero-order valence-corrected chi connectivity index (χ0v) is 9.43. The quantitative estimate of drug-likeness (QED) is 0.637. The summed E-state index contributed by atoms with van der Waals surface area (Å²) in [5.74, 6) is 0.417. The molecule has 0 aromatic carbocycles. The van der Waals surface area contributed by atoms with E-state index in [-0.39, 0.29) is 17.6 Å². The Kier molecular flexibility index (Phi) is 7.07. The highest BCUT2D eigenvalue weighted by molar-refractivity contribution is 5.77. The van der Waals surface area contributed by atoms with Gasteiger partial charge in [0.2, 0.25) is 5.91 Å². The van der Waals surface area contributed by atoms with Crippen LogP contribution in [0.15, 0.2) is 0 Å². The predicted molar refractivity (Wildman–Crippen MR) is 57.0 cm³/mol. The Morgan fingerprint density at radius 1 is 1.14 bits per heavy atom. The fraction of sp³-hybridized carbons (Fsp3) is 0.818. The van der Waals surface area contributed by atoms with Crippen LogP contribution in [0.1, 0.15) is 46.5 Å². The van der Waals surface area contributed by atoms with Crippen molar-refractivity contribution >= 4 is 11.7 Å². The Balaban J connectivity index is 3.22. The number of Topliss-reactive ketones (excluding diaryl/α,β-unsaturated/α-hetero) is 1. The largest absolute Gasteiger partial charge is 0.356 e. The molecule has 3 nitrogen and oxygen atoms in total. The molecule has 0 radical (unpaired) electrons. The van der Waals surface area contributed by atoms with Gasteiger partial charge in [-0.25, -0.2) is 0 Å². The van der Waals surface area contributed by atoms with Gasteiger partial charge in [-0.2, -0.15) is 0 Å². The summed E-state index contributed by atoms with van der Waals surface area (Å²) in [5, 5.41) is 2.85. The van der Waals surface area contributed by atoms with Crippen LogP contribution in [0.25, 0.3) is 0 Å². The fourth-order valence-electron chi connectivity index (χ4n) is 1.09. The second kappa shape index (κ2) is 7.54. The Hall–Kier alpha value is -0.860. The van der Waals surface area contributed by atoms with E-state index in [4.69, 9.17) is 0 Å². The van der Waals surface area contributed by atoms with Crippen molar-refractivity contribution in [1.29, 1.82) is 0 Å². The fourth-order valence-corrected chi connectivity index (χ4v) is 1.09. The Bertz CT molecular complexity index is 188. The van der Waals surface area contributed by atoms with Gasteiger partial charge in [0.1, 0.15) is 5.78 Å². The second-order valence-corrected chi connectivity index (χ2v) is 3.96. The van der Waals surface area contributed by atoms with Crippen LogP contribution in [0, 0.1) is 5.92 Å². The number of unbranched alkanes of at least 4 members (excludes halogenated alkanes) is 2. The maximum Gasteiger partial charge on any atom is 0.222 e. The van der Waals surface area contributed by atoms with Gasteiger partial charge in [0.25, 0.3) is 0 Å². The van der Waals surface area contributed by atoms with Crippen molar-refractivity contribution < 1.29 is 9.59 Å². The minimum absolute atomic E-state index is 0.0622. The van der Waals surface area contributed by atoms with E-state index < -0.39 is 0 Å². The first-order valence-electron chi connectivity index (χ1n) is 5.31. The molecule has 0 fully saturated rings. The van der Waals surface area contributed by atoms with Crippen molar-refractivity contribution in [1.82, 2.24) is 5.32 Å². The van der Waals surface area contributed by atoms with Gasteiger partial charge in [-0.15, -0.1) is 0 Å². The predicted octanol–water partition coefficient (Wildman–Crippen LogP) is 1.91. The van der Waals surface area contributed by atoms with Crippen LogP contribution in [-0.4, -0.2) is 18.2 Å². The van der Waals surface area contributed by atoms with Gasteiger partial charge < -0.3 is 10.1 Å². The molecule has 3 heteroatoms. The van der Waals surface area contributed by atoms with E-state index in [1.807, 2.05) is 13.8 Å². The first-order valence-corrected chi connectivity index (χ1v) is 5.31. The maximum absolute atomic E-state index is 11.1. The molecule has 0 saturated carbocycles. The van der Waals surface area contributed by atoms with E-state index >= 15 is 0 Å². The number of hydrogen-bond acceptors (Lipinski definition) is 2. The first-order chi connectivity index (χ1) is 6.54. The molecule has 0 spiro atoms. The van der Waals surface area contributed by atoms with E-state index in [1.54, 1.807) is 6.92 Å². The van der Waals surface area contributed by atoms with E-state index in [1.165, 1.54) is 0 Å². The number of rotatable bonds is 7. The van der Waals surface area contributed by atoms with Crippen molar-refractivity contribution in [2.45, 2.75) is 46.5 Å². The van der Waals surface area contributed by atoms with E-state index in [9.17, 15) is 9.59 Å². The van der Waals surface area contributed by atoms with Crippen LogP contribution in [0.5, 0.6) is 0 Å². The molecule has 0 bridgehead atoms. The molecular weight excluding hydrogens is 178 g/mol. The minimum atomic E-state index is 0.0622. The van der Waals surface area contributed by atoms with Crippen molar-refractivity contribution in [2.75, 3.05) is 6.54 Å². The monoisotopic (exact) mass is 199 g/mol. The van der Waals surface area contributed by atoms with Crippen LogP contribution in [-0.2, 0) is 9.59 Å². The standard InChI is InChI=1S/C11H21NO2/c1-9(2)11(14)12-8-6-4-5-7-10(3)13/h9H,4-8H2,1-3H3,(H,12,14). The molecule has 0 aliphatic carbocycles. The van der Waals surface area contributed by atoms with Crippen LogP contribution >= 0.6 is 0 Å². The second-order valence-electron chi connectivity index (χ2n) is 3.96. The summed E-state index contributed by atoms with van der Waals surface area (Å²) in [6, 6.07) is 0. The molecule has 1 N–H and O–H groups in total. The van der Waals surface area contributed by atoms with Crippen LogP contribution in [0.4, 0.5) is 0 Å². The third-order valence-corrected chi connectivity index (χ3v) is 2.03. The topological polar surface area (TPSA) is 46.2 Å².